The normalized spacial score (nSPS) is 13.8. The Labute approximate surface area is 128 Å². The Kier molecular flexibility index (Phi) is 3.38. The molecule has 0 N–H and O–H groups in total. The van der Waals surface area contributed by atoms with Crippen molar-refractivity contribution in [2.75, 3.05) is 0 Å². The van der Waals surface area contributed by atoms with Gasteiger partial charge in [0.25, 0.3) is 0 Å². The number of hydrogen-bond acceptors (Lipinski definition) is 0. The molecule has 0 aliphatic rings. The first kappa shape index (κ1) is 13.2. The molecule has 2 heterocycles. The van der Waals surface area contributed by atoms with Gasteiger partial charge in [-0.1, -0.05) is 55.5 Å². The maximum Gasteiger partial charge on any atom is 0.00871 e. The highest BCUT2D eigenvalue weighted by Crippen LogP contribution is 2.35. The van der Waals surface area contributed by atoms with Crippen LogP contribution in [0.15, 0.2) is 60.1 Å². The molecular formula is C19H18P2. The second kappa shape index (κ2) is 5.38. The van der Waals surface area contributed by atoms with Gasteiger partial charge in [0.2, 0.25) is 0 Å². The van der Waals surface area contributed by atoms with Crippen LogP contribution >= 0.6 is 16.4 Å². The van der Waals surface area contributed by atoms with E-state index in [2.05, 4.69) is 67.1 Å². The smallest absolute Gasteiger partial charge is 0.00871 e. The lowest BCUT2D eigenvalue weighted by molar-refractivity contribution is 0.780. The van der Waals surface area contributed by atoms with Crippen molar-refractivity contribution in [1.29, 1.82) is 0 Å². The zero-order valence-corrected chi connectivity index (χ0v) is 14.1. The molecule has 0 aliphatic carbocycles. The predicted octanol–water partition coefficient (Wildman–Crippen LogP) is 6.60. The number of rotatable bonds is 3. The highest BCUT2D eigenvalue weighted by atomic mass is 31.0. The predicted molar refractivity (Wildman–Crippen MR) is 99.0 cm³/mol. The van der Waals surface area contributed by atoms with Crippen LogP contribution in [0.25, 0.3) is 21.0 Å². The highest BCUT2D eigenvalue weighted by molar-refractivity contribution is 7.36. The second-order valence-corrected chi connectivity index (χ2v) is 7.93. The van der Waals surface area contributed by atoms with Crippen LogP contribution < -0.4 is 0 Å². The molecule has 2 heteroatoms. The van der Waals surface area contributed by atoms with E-state index in [0.29, 0.717) is 5.92 Å². The molecule has 0 amide bonds. The molecule has 104 valence electrons. The van der Waals surface area contributed by atoms with E-state index < -0.39 is 0 Å². The molecule has 0 saturated heterocycles. The molecule has 0 radical (unpaired) electrons. The lowest BCUT2D eigenvalue weighted by atomic mass is 9.88. The molecular weight excluding hydrogens is 290 g/mol. The van der Waals surface area contributed by atoms with Gasteiger partial charge >= 0.3 is 0 Å². The highest BCUT2D eigenvalue weighted by Gasteiger charge is 2.13. The Morgan fingerprint density at radius 2 is 1.29 bits per heavy atom. The lowest BCUT2D eigenvalue weighted by Crippen LogP contribution is -1.99. The summed E-state index contributed by atoms with van der Waals surface area (Å²) in [7, 11) is 1.71. The van der Waals surface area contributed by atoms with Crippen LogP contribution in [0.2, 0.25) is 0 Å². The standard InChI is InChI=1S/C19H18P2/c1-2-17(13-3-5-18-15(11-13)7-9-20-18)14-4-6-19-16(12-14)8-10-21-19/h3-12,17,20-21H,2H2,1H3. The molecule has 0 aliphatic heterocycles. The molecule has 0 saturated carbocycles. The third kappa shape index (κ3) is 2.34. The Morgan fingerprint density at radius 1 is 0.762 bits per heavy atom. The van der Waals surface area contributed by atoms with E-state index in [9.17, 15) is 0 Å². The van der Waals surface area contributed by atoms with Gasteiger partial charge in [0.05, 0.1) is 0 Å². The zero-order valence-electron chi connectivity index (χ0n) is 12.1. The quantitative estimate of drug-likeness (QED) is 0.400. The Balaban J connectivity index is 1.81. The van der Waals surface area contributed by atoms with Crippen molar-refractivity contribution >= 4 is 37.4 Å². The number of fused-ring (bicyclic) bond motifs is 2. The molecule has 0 nitrogen and oxygen atoms in total. The Bertz CT molecular complexity index is 824. The van der Waals surface area contributed by atoms with Crippen LogP contribution in [0.4, 0.5) is 0 Å². The molecule has 0 fully saturated rings. The monoisotopic (exact) mass is 308 g/mol. The minimum Gasteiger partial charge on any atom is -0.132 e. The molecule has 2 unspecified atom stereocenters. The van der Waals surface area contributed by atoms with Gasteiger partial charge in [-0.15, -0.1) is 16.4 Å². The summed E-state index contributed by atoms with van der Waals surface area (Å²) in [5.74, 6) is 5.09. The summed E-state index contributed by atoms with van der Waals surface area (Å²) in [5.41, 5.74) is 2.91. The average molecular weight is 308 g/mol. The molecule has 21 heavy (non-hydrogen) atoms. The van der Waals surface area contributed by atoms with Crippen molar-refractivity contribution in [2.24, 2.45) is 0 Å². The van der Waals surface area contributed by atoms with E-state index in [1.54, 1.807) is 0 Å². The Hall–Kier alpha value is -1.48. The van der Waals surface area contributed by atoms with Crippen LogP contribution in [0.5, 0.6) is 0 Å². The van der Waals surface area contributed by atoms with Crippen molar-refractivity contribution < 1.29 is 0 Å². The molecule has 2 atom stereocenters. The van der Waals surface area contributed by atoms with Gasteiger partial charge in [-0.25, -0.2) is 0 Å². The van der Waals surface area contributed by atoms with Crippen molar-refractivity contribution in [3.05, 3.63) is 71.3 Å². The van der Waals surface area contributed by atoms with Gasteiger partial charge in [0, 0.05) is 5.92 Å². The van der Waals surface area contributed by atoms with E-state index in [1.807, 2.05) is 0 Å². The van der Waals surface area contributed by atoms with Gasteiger partial charge in [-0.3, -0.25) is 0 Å². The van der Waals surface area contributed by atoms with Crippen LogP contribution in [0.1, 0.15) is 30.4 Å². The summed E-state index contributed by atoms with van der Waals surface area (Å²) >= 11 is 0. The van der Waals surface area contributed by atoms with E-state index >= 15 is 0 Å². The molecule has 2 aromatic carbocycles. The number of benzene rings is 2. The van der Waals surface area contributed by atoms with Crippen molar-refractivity contribution in [2.45, 2.75) is 19.3 Å². The largest absolute Gasteiger partial charge is 0.132 e. The molecule has 2 aromatic heterocycles. The fourth-order valence-electron chi connectivity index (χ4n) is 3.24. The summed E-state index contributed by atoms with van der Waals surface area (Å²) < 4.78 is 0. The summed E-state index contributed by atoms with van der Waals surface area (Å²) in [6, 6.07) is 18.6. The van der Waals surface area contributed by atoms with Crippen LogP contribution in [0.3, 0.4) is 0 Å². The maximum atomic E-state index is 2.39. The van der Waals surface area contributed by atoms with Crippen molar-refractivity contribution in [3.63, 3.8) is 0 Å². The van der Waals surface area contributed by atoms with Gasteiger partial charge in [0.15, 0.2) is 0 Å². The first-order valence-corrected chi connectivity index (χ1v) is 9.64. The number of hydrogen-bond donors (Lipinski definition) is 0. The van der Waals surface area contributed by atoms with E-state index in [1.165, 1.54) is 32.1 Å². The van der Waals surface area contributed by atoms with Crippen LogP contribution in [-0.4, -0.2) is 0 Å². The second-order valence-electron chi connectivity index (χ2n) is 5.61. The average Bonchev–Trinajstić information content (AvgIpc) is 3.15. The summed E-state index contributed by atoms with van der Waals surface area (Å²) in [6.07, 6.45) is 1.15. The fraction of sp³-hybridized carbons (Fsp3) is 0.158. The third-order valence-electron chi connectivity index (χ3n) is 4.37. The van der Waals surface area contributed by atoms with Gasteiger partial charge in [-0.05, 0) is 50.2 Å². The molecule has 0 bridgehead atoms. The lowest BCUT2D eigenvalue weighted by Gasteiger charge is -2.16. The summed E-state index contributed by atoms with van der Waals surface area (Å²) in [5, 5.41) is 5.83. The van der Waals surface area contributed by atoms with Gasteiger partial charge < -0.3 is 0 Å². The molecule has 4 rings (SSSR count). The van der Waals surface area contributed by atoms with Crippen LogP contribution in [-0.2, 0) is 0 Å². The Morgan fingerprint density at radius 3 is 1.76 bits per heavy atom. The zero-order chi connectivity index (χ0) is 14.2. The van der Waals surface area contributed by atoms with E-state index in [-0.39, 0.29) is 0 Å². The van der Waals surface area contributed by atoms with Crippen molar-refractivity contribution in [1.82, 2.24) is 0 Å². The third-order valence-corrected chi connectivity index (χ3v) is 6.57. The fourth-order valence-corrected chi connectivity index (χ4v) is 5.13. The van der Waals surface area contributed by atoms with Gasteiger partial charge in [-0.2, -0.15) is 0 Å². The maximum absolute atomic E-state index is 2.39. The van der Waals surface area contributed by atoms with Crippen LogP contribution in [0, 0.1) is 0 Å². The SMILES string of the molecule is CCC(c1ccc2[pH]ccc2c1)c1ccc2[pH]ccc2c1. The molecule has 0 spiro atoms. The van der Waals surface area contributed by atoms with E-state index in [4.69, 9.17) is 0 Å². The topological polar surface area (TPSA) is 0 Å². The first-order valence-electron chi connectivity index (χ1n) is 7.49. The molecule has 4 aromatic rings. The van der Waals surface area contributed by atoms with Gasteiger partial charge in [0.1, 0.15) is 0 Å². The summed E-state index contributed by atoms with van der Waals surface area (Å²) in [4.78, 5) is 0. The first-order chi connectivity index (χ1) is 10.3. The van der Waals surface area contributed by atoms with Crippen molar-refractivity contribution in [3.8, 4) is 0 Å². The minimum atomic E-state index is 0.510. The summed E-state index contributed by atoms with van der Waals surface area (Å²) in [6.45, 7) is 2.29. The minimum absolute atomic E-state index is 0.510. The van der Waals surface area contributed by atoms with E-state index in [0.717, 1.165) is 22.8 Å².